The fourth-order valence-corrected chi connectivity index (χ4v) is 0.794. The van der Waals surface area contributed by atoms with Gasteiger partial charge in [0, 0.05) is 0 Å². The van der Waals surface area contributed by atoms with Gasteiger partial charge in [0.15, 0.2) is 0 Å². The molecule has 0 amide bonds. The van der Waals surface area contributed by atoms with Gasteiger partial charge < -0.3 is 5.11 Å². The maximum Gasteiger partial charge on any atom is 0.309 e. The van der Waals surface area contributed by atoms with E-state index in [2.05, 4.69) is 20.8 Å². The average Bonchev–Trinajstić information content (AvgIpc) is 1.82. The van der Waals surface area contributed by atoms with Crippen molar-refractivity contribution in [3.05, 3.63) is 0 Å². The number of hydrogen-bond acceptors (Lipinski definition) is 1. The number of carbonyl (C=O) groups is 1. The van der Waals surface area contributed by atoms with E-state index in [4.69, 9.17) is 5.11 Å². The molecule has 0 radical (unpaired) electrons. The number of carboxylic acid groups (broad SMARTS) is 1. The zero-order chi connectivity index (χ0) is 9.99. The first-order valence-corrected chi connectivity index (χ1v) is 4.38. The maximum absolute atomic E-state index is 10.7. The van der Waals surface area contributed by atoms with Gasteiger partial charge in [-0.25, -0.2) is 0 Å². The molecule has 0 spiro atoms. The molecule has 12 heavy (non-hydrogen) atoms. The highest BCUT2D eigenvalue weighted by Gasteiger charge is 2.28. The predicted molar refractivity (Wildman–Crippen MR) is 50.1 cm³/mol. The first kappa shape index (κ1) is 11.5. The predicted octanol–water partition coefficient (Wildman–Crippen LogP) is 2.92. The zero-order valence-electron chi connectivity index (χ0n) is 8.77. The van der Waals surface area contributed by atoms with Crippen LogP contribution in [0.1, 0.15) is 47.5 Å². The van der Waals surface area contributed by atoms with Crippen LogP contribution in [0.15, 0.2) is 0 Å². The minimum Gasteiger partial charge on any atom is -0.481 e. The summed E-state index contributed by atoms with van der Waals surface area (Å²) in [5.41, 5.74) is -0.347. The van der Waals surface area contributed by atoms with Crippen molar-refractivity contribution in [2.24, 2.45) is 10.8 Å². The van der Waals surface area contributed by atoms with Crippen LogP contribution in [0.2, 0.25) is 0 Å². The molecule has 0 rings (SSSR count). The monoisotopic (exact) mass is 172 g/mol. The van der Waals surface area contributed by atoms with Crippen molar-refractivity contribution in [1.29, 1.82) is 0 Å². The third-order valence-corrected chi connectivity index (χ3v) is 2.08. The van der Waals surface area contributed by atoms with Crippen molar-refractivity contribution in [3.63, 3.8) is 0 Å². The zero-order valence-corrected chi connectivity index (χ0v) is 8.77. The Morgan fingerprint density at radius 1 is 1.08 bits per heavy atom. The highest BCUT2D eigenvalue weighted by molar-refractivity contribution is 5.73. The molecule has 0 bridgehead atoms. The average molecular weight is 172 g/mol. The molecule has 0 aromatic heterocycles. The molecule has 0 saturated carbocycles. The molecule has 0 atom stereocenters. The van der Waals surface area contributed by atoms with Gasteiger partial charge in [0.2, 0.25) is 0 Å². The molecule has 72 valence electrons. The SMILES string of the molecule is CC(C)(C)CCC(C)(C)C(=O)O. The summed E-state index contributed by atoms with van der Waals surface area (Å²) in [7, 11) is 0. The van der Waals surface area contributed by atoms with Crippen molar-refractivity contribution in [3.8, 4) is 0 Å². The smallest absolute Gasteiger partial charge is 0.309 e. The number of hydrogen-bond donors (Lipinski definition) is 1. The molecule has 1 N–H and O–H groups in total. The topological polar surface area (TPSA) is 37.3 Å². The summed E-state index contributed by atoms with van der Waals surface area (Å²) in [4.78, 5) is 10.7. The summed E-state index contributed by atoms with van der Waals surface area (Å²) in [5, 5.41) is 8.84. The second-order valence-electron chi connectivity index (χ2n) is 5.25. The van der Waals surface area contributed by atoms with Gasteiger partial charge >= 0.3 is 5.97 Å². The van der Waals surface area contributed by atoms with E-state index < -0.39 is 11.4 Å². The lowest BCUT2D eigenvalue weighted by molar-refractivity contribution is -0.147. The summed E-state index contributed by atoms with van der Waals surface area (Å²) >= 11 is 0. The Balaban J connectivity index is 4.01. The number of aliphatic carboxylic acids is 1. The molecule has 0 saturated heterocycles. The van der Waals surface area contributed by atoms with E-state index in [1.54, 1.807) is 13.8 Å². The fourth-order valence-electron chi connectivity index (χ4n) is 0.794. The molecule has 0 aromatic rings. The van der Waals surface area contributed by atoms with Crippen LogP contribution in [0, 0.1) is 10.8 Å². The highest BCUT2D eigenvalue weighted by atomic mass is 16.4. The number of rotatable bonds is 3. The molecule has 0 fully saturated rings. The Morgan fingerprint density at radius 2 is 1.50 bits per heavy atom. The van der Waals surface area contributed by atoms with E-state index in [1.165, 1.54) is 0 Å². The first-order valence-electron chi connectivity index (χ1n) is 4.38. The standard InChI is InChI=1S/C10H20O2/c1-9(2,3)6-7-10(4,5)8(11)12/h6-7H2,1-5H3,(H,11,12). The van der Waals surface area contributed by atoms with Crippen molar-refractivity contribution < 1.29 is 9.90 Å². The Kier molecular flexibility index (Phi) is 3.31. The summed E-state index contributed by atoms with van der Waals surface area (Å²) in [6, 6.07) is 0. The molecule has 0 aliphatic heterocycles. The van der Waals surface area contributed by atoms with Crippen LogP contribution in [-0.4, -0.2) is 11.1 Å². The van der Waals surface area contributed by atoms with E-state index in [9.17, 15) is 4.79 Å². The van der Waals surface area contributed by atoms with Crippen LogP contribution in [0.5, 0.6) is 0 Å². The van der Waals surface area contributed by atoms with E-state index in [-0.39, 0.29) is 5.41 Å². The summed E-state index contributed by atoms with van der Waals surface area (Å²) in [5.74, 6) is -0.702. The molecule has 0 aromatic carbocycles. The van der Waals surface area contributed by atoms with Crippen LogP contribution in [0.4, 0.5) is 0 Å². The summed E-state index contributed by atoms with van der Waals surface area (Å²) in [6.45, 7) is 9.95. The van der Waals surface area contributed by atoms with Crippen LogP contribution in [-0.2, 0) is 4.79 Å². The van der Waals surface area contributed by atoms with E-state index in [0.29, 0.717) is 0 Å². The Hall–Kier alpha value is -0.530. The van der Waals surface area contributed by atoms with Gasteiger partial charge in [-0.15, -0.1) is 0 Å². The molecule has 0 unspecified atom stereocenters. The molecular formula is C10H20O2. The Morgan fingerprint density at radius 3 is 1.75 bits per heavy atom. The van der Waals surface area contributed by atoms with E-state index in [0.717, 1.165) is 12.8 Å². The quantitative estimate of drug-likeness (QED) is 0.710. The van der Waals surface area contributed by atoms with Crippen molar-refractivity contribution in [2.45, 2.75) is 47.5 Å². The maximum atomic E-state index is 10.7. The number of carboxylic acids is 1. The molecule has 0 aliphatic carbocycles. The van der Waals surface area contributed by atoms with E-state index in [1.807, 2.05) is 0 Å². The molecule has 0 aliphatic rings. The molecular weight excluding hydrogens is 152 g/mol. The second kappa shape index (κ2) is 3.46. The van der Waals surface area contributed by atoms with Crippen LogP contribution < -0.4 is 0 Å². The lowest BCUT2D eigenvalue weighted by Gasteiger charge is -2.25. The Labute approximate surface area is 75.0 Å². The third kappa shape index (κ3) is 4.37. The van der Waals surface area contributed by atoms with Gasteiger partial charge in [-0.2, -0.15) is 0 Å². The van der Waals surface area contributed by atoms with Gasteiger partial charge in [-0.1, -0.05) is 20.8 Å². The highest BCUT2D eigenvalue weighted by Crippen LogP contribution is 2.30. The van der Waals surface area contributed by atoms with Crippen LogP contribution >= 0.6 is 0 Å². The van der Waals surface area contributed by atoms with Gasteiger partial charge in [0.25, 0.3) is 0 Å². The Bertz CT molecular complexity index is 163. The molecule has 2 nitrogen and oxygen atoms in total. The summed E-state index contributed by atoms with van der Waals surface area (Å²) < 4.78 is 0. The lowest BCUT2D eigenvalue weighted by atomic mass is 9.80. The van der Waals surface area contributed by atoms with Gasteiger partial charge in [0.05, 0.1) is 5.41 Å². The third-order valence-electron chi connectivity index (χ3n) is 2.08. The fraction of sp³-hybridized carbons (Fsp3) is 0.900. The van der Waals surface area contributed by atoms with Gasteiger partial charge in [-0.05, 0) is 32.1 Å². The van der Waals surface area contributed by atoms with E-state index >= 15 is 0 Å². The van der Waals surface area contributed by atoms with Crippen molar-refractivity contribution in [2.75, 3.05) is 0 Å². The lowest BCUT2D eigenvalue weighted by Crippen LogP contribution is -2.25. The van der Waals surface area contributed by atoms with Crippen molar-refractivity contribution >= 4 is 5.97 Å². The van der Waals surface area contributed by atoms with Gasteiger partial charge in [-0.3, -0.25) is 4.79 Å². The second-order valence-corrected chi connectivity index (χ2v) is 5.25. The minimum absolute atomic E-state index is 0.229. The van der Waals surface area contributed by atoms with Crippen molar-refractivity contribution in [1.82, 2.24) is 0 Å². The molecule has 2 heteroatoms. The minimum atomic E-state index is -0.702. The summed E-state index contributed by atoms with van der Waals surface area (Å²) in [6.07, 6.45) is 1.69. The van der Waals surface area contributed by atoms with Crippen LogP contribution in [0.3, 0.4) is 0 Å². The van der Waals surface area contributed by atoms with Gasteiger partial charge in [0.1, 0.15) is 0 Å². The molecule has 0 heterocycles. The van der Waals surface area contributed by atoms with Crippen LogP contribution in [0.25, 0.3) is 0 Å². The first-order chi connectivity index (χ1) is 5.15. The normalized spacial score (nSPS) is 13.1. The largest absolute Gasteiger partial charge is 0.481 e.